The maximum Gasteiger partial charge on any atom is 0.342 e. The molecular formula is C17H14N4O. The number of hydrogen-bond donors (Lipinski definition) is 2. The van der Waals surface area contributed by atoms with E-state index in [-0.39, 0.29) is 6.03 Å². The van der Waals surface area contributed by atoms with Crippen LogP contribution in [0.3, 0.4) is 0 Å². The van der Waals surface area contributed by atoms with Crippen LogP contribution in [0.1, 0.15) is 11.1 Å². The first-order valence-corrected chi connectivity index (χ1v) is 7.08. The third-order valence-corrected chi connectivity index (χ3v) is 3.77. The minimum absolute atomic E-state index is 0.213. The summed E-state index contributed by atoms with van der Waals surface area (Å²) in [4.78, 5) is 15.3. The normalized spacial score (nSPS) is 14.4. The third-order valence-electron chi connectivity index (χ3n) is 3.77. The van der Waals surface area contributed by atoms with Crippen molar-refractivity contribution in [1.29, 1.82) is 0 Å². The van der Waals surface area contributed by atoms with Crippen LogP contribution in [0, 0.1) is 0 Å². The van der Waals surface area contributed by atoms with E-state index in [1.807, 2.05) is 54.7 Å². The highest BCUT2D eigenvalue weighted by molar-refractivity contribution is 5.99. The molecule has 1 aromatic heterocycles. The number of aromatic amines is 1. The highest BCUT2D eigenvalue weighted by atomic mass is 16.2. The van der Waals surface area contributed by atoms with E-state index in [0.29, 0.717) is 6.54 Å². The first kappa shape index (κ1) is 12.6. The Kier molecular flexibility index (Phi) is 2.89. The van der Waals surface area contributed by atoms with Crippen LogP contribution in [0.5, 0.6) is 0 Å². The van der Waals surface area contributed by atoms with Crippen molar-refractivity contribution in [3.05, 3.63) is 65.9 Å². The number of rotatable bonds is 2. The number of H-pyrrole nitrogens is 1. The summed E-state index contributed by atoms with van der Waals surface area (Å²) in [6, 6.07) is 15.5. The number of anilines is 1. The number of nitrogens with one attached hydrogen (secondary N) is 2. The molecule has 2 heterocycles. The Morgan fingerprint density at radius 2 is 1.91 bits per heavy atom. The number of hydrazone groups is 1. The second-order valence-electron chi connectivity index (χ2n) is 5.18. The maximum absolute atomic E-state index is 12.1. The summed E-state index contributed by atoms with van der Waals surface area (Å²) in [6.07, 6.45) is 3.61. The monoisotopic (exact) mass is 290 g/mol. The summed E-state index contributed by atoms with van der Waals surface area (Å²) in [5.41, 5.74) is 3.92. The summed E-state index contributed by atoms with van der Waals surface area (Å²) in [5, 5.41) is 9.70. The molecule has 2 aromatic carbocycles. The Morgan fingerprint density at radius 1 is 1.09 bits per heavy atom. The number of hydrogen-bond acceptors (Lipinski definition) is 2. The molecule has 0 bridgehead atoms. The second-order valence-corrected chi connectivity index (χ2v) is 5.18. The molecule has 0 aliphatic carbocycles. The molecule has 2 amide bonds. The molecule has 22 heavy (non-hydrogen) atoms. The van der Waals surface area contributed by atoms with Gasteiger partial charge in [-0.3, -0.25) is 0 Å². The van der Waals surface area contributed by atoms with Gasteiger partial charge in [0.05, 0.1) is 12.8 Å². The van der Waals surface area contributed by atoms with Crippen LogP contribution in [0.25, 0.3) is 10.9 Å². The Balaban J connectivity index is 1.62. The van der Waals surface area contributed by atoms with Gasteiger partial charge >= 0.3 is 6.03 Å². The number of nitrogens with zero attached hydrogens (tertiary/aromatic N) is 2. The number of amides is 2. The predicted octanol–water partition coefficient (Wildman–Crippen LogP) is 3.55. The van der Waals surface area contributed by atoms with Crippen LogP contribution in [0.4, 0.5) is 10.5 Å². The molecule has 5 nitrogen and oxygen atoms in total. The molecule has 0 atom stereocenters. The Labute approximate surface area is 127 Å². The summed E-state index contributed by atoms with van der Waals surface area (Å²) in [7, 11) is 0. The fourth-order valence-corrected chi connectivity index (χ4v) is 2.62. The van der Waals surface area contributed by atoms with Crippen molar-refractivity contribution in [1.82, 2.24) is 9.99 Å². The molecular weight excluding hydrogens is 276 g/mol. The van der Waals surface area contributed by atoms with Gasteiger partial charge in [0.15, 0.2) is 0 Å². The van der Waals surface area contributed by atoms with Crippen molar-refractivity contribution in [3.8, 4) is 0 Å². The van der Waals surface area contributed by atoms with E-state index in [4.69, 9.17) is 0 Å². The highest BCUT2D eigenvalue weighted by Crippen LogP contribution is 2.23. The topological polar surface area (TPSA) is 60.5 Å². The van der Waals surface area contributed by atoms with Crippen LogP contribution in [0.2, 0.25) is 0 Å². The third kappa shape index (κ3) is 2.13. The van der Waals surface area contributed by atoms with Crippen LogP contribution in [0.15, 0.2) is 59.8 Å². The minimum atomic E-state index is -0.213. The zero-order valence-corrected chi connectivity index (χ0v) is 11.8. The van der Waals surface area contributed by atoms with Crippen molar-refractivity contribution in [2.75, 3.05) is 5.32 Å². The highest BCUT2D eigenvalue weighted by Gasteiger charge is 2.21. The lowest BCUT2D eigenvalue weighted by Crippen LogP contribution is -2.34. The van der Waals surface area contributed by atoms with Crippen LogP contribution < -0.4 is 5.32 Å². The van der Waals surface area contributed by atoms with Crippen molar-refractivity contribution in [3.63, 3.8) is 0 Å². The molecule has 0 radical (unpaired) electrons. The number of carbonyl (C=O) groups is 1. The van der Waals surface area contributed by atoms with Crippen LogP contribution in [-0.4, -0.2) is 22.2 Å². The van der Waals surface area contributed by atoms with Gasteiger partial charge in [-0.05, 0) is 17.7 Å². The average Bonchev–Trinajstić information content (AvgIpc) is 2.96. The lowest BCUT2D eigenvalue weighted by Gasteiger charge is -2.25. The standard InChI is InChI=1S/C17H14N4O/c22-17-20-15-7-3-1-5-12(15)11-21(17)19-10-13-9-18-16-8-4-2-6-14(13)16/h1-10,18H,11H2,(H,20,22)/b19-10+. The van der Waals surface area contributed by atoms with E-state index in [0.717, 1.165) is 27.7 Å². The number of urea groups is 1. The summed E-state index contributed by atoms with van der Waals surface area (Å²) >= 11 is 0. The van der Waals surface area contributed by atoms with Gasteiger partial charge < -0.3 is 10.3 Å². The van der Waals surface area contributed by atoms with Crippen LogP contribution in [-0.2, 0) is 6.54 Å². The van der Waals surface area contributed by atoms with E-state index in [1.54, 1.807) is 6.21 Å². The molecule has 1 aliphatic rings. The largest absolute Gasteiger partial charge is 0.361 e. The maximum atomic E-state index is 12.1. The molecule has 0 spiro atoms. The molecule has 1 aliphatic heterocycles. The fraction of sp³-hybridized carbons (Fsp3) is 0.0588. The molecule has 0 fully saturated rings. The minimum Gasteiger partial charge on any atom is -0.361 e. The number of fused-ring (bicyclic) bond motifs is 2. The van der Waals surface area contributed by atoms with Crippen molar-refractivity contribution < 1.29 is 4.79 Å². The Morgan fingerprint density at radius 3 is 2.86 bits per heavy atom. The predicted molar refractivity (Wildman–Crippen MR) is 86.9 cm³/mol. The fourth-order valence-electron chi connectivity index (χ4n) is 2.62. The molecule has 3 aromatic rings. The summed E-state index contributed by atoms with van der Waals surface area (Å²) in [6.45, 7) is 0.473. The van der Waals surface area contributed by atoms with Gasteiger partial charge in [0.25, 0.3) is 0 Å². The first-order chi connectivity index (χ1) is 10.8. The lowest BCUT2D eigenvalue weighted by atomic mass is 10.1. The van der Waals surface area contributed by atoms with E-state index in [9.17, 15) is 4.79 Å². The molecule has 4 rings (SSSR count). The molecule has 0 unspecified atom stereocenters. The number of para-hydroxylation sites is 2. The van der Waals surface area contributed by atoms with Crippen molar-refractivity contribution in [2.45, 2.75) is 6.54 Å². The van der Waals surface area contributed by atoms with Gasteiger partial charge in [0.2, 0.25) is 0 Å². The summed E-state index contributed by atoms with van der Waals surface area (Å²) < 4.78 is 0. The number of benzene rings is 2. The van der Waals surface area contributed by atoms with Crippen molar-refractivity contribution >= 4 is 28.8 Å². The first-order valence-electron chi connectivity index (χ1n) is 7.08. The number of aromatic nitrogens is 1. The Bertz CT molecular complexity index is 881. The Hall–Kier alpha value is -3.08. The zero-order chi connectivity index (χ0) is 14.9. The van der Waals surface area contributed by atoms with E-state index in [2.05, 4.69) is 15.4 Å². The second kappa shape index (κ2) is 5.04. The van der Waals surface area contributed by atoms with Crippen molar-refractivity contribution in [2.24, 2.45) is 5.10 Å². The van der Waals surface area contributed by atoms with E-state index < -0.39 is 0 Å². The van der Waals surface area contributed by atoms with Gasteiger partial charge in [0.1, 0.15) is 0 Å². The smallest absolute Gasteiger partial charge is 0.342 e. The average molecular weight is 290 g/mol. The van der Waals surface area contributed by atoms with Gasteiger partial charge in [-0.1, -0.05) is 36.4 Å². The molecule has 0 saturated carbocycles. The van der Waals surface area contributed by atoms with E-state index >= 15 is 0 Å². The van der Waals surface area contributed by atoms with E-state index in [1.165, 1.54) is 5.01 Å². The summed E-state index contributed by atoms with van der Waals surface area (Å²) in [5.74, 6) is 0. The van der Waals surface area contributed by atoms with Crippen LogP contribution >= 0.6 is 0 Å². The number of carbonyl (C=O) groups excluding carboxylic acids is 1. The molecule has 5 heteroatoms. The molecule has 108 valence electrons. The molecule has 0 saturated heterocycles. The van der Waals surface area contributed by atoms with Gasteiger partial charge in [-0.2, -0.15) is 5.10 Å². The van der Waals surface area contributed by atoms with Gasteiger partial charge in [-0.15, -0.1) is 0 Å². The molecule has 2 N–H and O–H groups in total. The lowest BCUT2D eigenvalue weighted by molar-refractivity contribution is 0.209. The zero-order valence-electron chi connectivity index (χ0n) is 11.8. The quantitative estimate of drug-likeness (QED) is 0.697. The SMILES string of the molecule is O=C1Nc2ccccc2CN1/N=C/c1c[nH]c2ccccc12. The van der Waals surface area contributed by atoms with Gasteiger partial charge in [-0.25, -0.2) is 9.80 Å². The van der Waals surface area contributed by atoms with Gasteiger partial charge in [0, 0.05) is 28.4 Å².